The Balaban J connectivity index is 2.30. The summed E-state index contributed by atoms with van der Waals surface area (Å²) in [6.07, 6.45) is -0.0325. The van der Waals surface area contributed by atoms with Crippen molar-refractivity contribution >= 4 is 29.4 Å². The van der Waals surface area contributed by atoms with Gasteiger partial charge in [-0.15, -0.1) is 0 Å². The van der Waals surface area contributed by atoms with E-state index < -0.39 is 40.3 Å². The maximum absolute atomic E-state index is 13.0. The number of fused-ring (bicyclic) bond motifs is 1. The summed E-state index contributed by atoms with van der Waals surface area (Å²) in [7, 11) is 1.24. The Labute approximate surface area is 167 Å². The summed E-state index contributed by atoms with van der Waals surface area (Å²) < 4.78 is 4.60. The number of rotatable bonds is 8. The third kappa shape index (κ3) is 4.41. The van der Waals surface area contributed by atoms with Gasteiger partial charge in [-0.25, -0.2) is 0 Å². The first-order valence-corrected chi connectivity index (χ1v) is 9.11. The lowest BCUT2D eigenvalue weighted by Crippen LogP contribution is -2.50. The number of imide groups is 1. The summed E-state index contributed by atoms with van der Waals surface area (Å²) in [4.78, 5) is 62.6. The molecule has 0 saturated carbocycles. The van der Waals surface area contributed by atoms with Crippen LogP contribution in [-0.4, -0.2) is 64.7 Å². The maximum atomic E-state index is 13.0. The molecule has 1 atom stereocenters. The molecule has 2 rings (SSSR count). The molecule has 1 aromatic rings. The van der Waals surface area contributed by atoms with Crippen LogP contribution in [0.5, 0.6) is 0 Å². The van der Waals surface area contributed by atoms with Crippen LogP contribution in [0.15, 0.2) is 18.2 Å². The molecule has 156 valence electrons. The van der Waals surface area contributed by atoms with E-state index in [1.165, 1.54) is 31.1 Å². The van der Waals surface area contributed by atoms with Crippen molar-refractivity contribution in [1.82, 2.24) is 9.80 Å². The van der Waals surface area contributed by atoms with Crippen molar-refractivity contribution in [2.24, 2.45) is 5.92 Å². The first-order valence-electron chi connectivity index (χ1n) is 9.11. The van der Waals surface area contributed by atoms with Crippen LogP contribution in [0.2, 0.25) is 0 Å². The Morgan fingerprint density at radius 2 is 1.86 bits per heavy atom. The minimum absolute atomic E-state index is 0.0325. The van der Waals surface area contributed by atoms with Gasteiger partial charge in [0, 0.05) is 19.2 Å². The first-order chi connectivity index (χ1) is 13.6. The molecule has 0 aliphatic carbocycles. The molecule has 29 heavy (non-hydrogen) atoms. The van der Waals surface area contributed by atoms with Crippen molar-refractivity contribution < 1.29 is 28.8 Å². The Bertz CT molecular complexity index is 865. The molecule has 0 N–H and O–H groups in total. The maximum Gasteiger partial charge on any atom is 0.307 e. The van der Waals surface area contributed by atoms with Crippen LogP contribution in [0, 0.1) is 16.0 Å². The lowest BCUT2D eigenvalue weighted by molar-refractivity contribution is -0.385. The van der Waals surface area contributed by atoms with Gasteiger partial charge in [0.15, 0.2) is 0 Å². The van der Waals surface area contributed by atoms with Gasteiger partial charge < -0.3 is 9.64 Å². The number of hydrogen-bond donors (Lipinski definition) is 0. The second-order valence-corrected chi connectivity index (χ2v) is 7.12. The molecule has 1 aromatic carbocycles. The third-order valence-electron chi connectivity index (χ3n) is 4.58. The fourth-order valence-electron chi connectivity index (χ4n) is 3.22. The molecule has 10 nitrogen and oxygen atoms in total. The quantitative estimate of drug-likeness (QED) is 0.278. The van der Waals surface area contributed by atoms with E-state index in [1.807, 2.05) is 13.8 Å². The van der Waals surface area contributed by atoms with E-state index in [2.05, 4.69) is 4.74 Å². The van der Waals surface area contributed by atoms with Gasteiger partial charge in [0.2, 0.25) is 5.91 Å². The second-order valence-electron chi connectivity index (χ2n) is 7.12. The van der Waals surface area contributed by atoms with E-state index in [9.17, 15) is 29.3 Å². The van der Waals surface area contributed by atoms with Gasteiger partial charge in [0.1, 0.15) is 11.6 Å². The zero-order valence-corrected chi connectivity index (χ0v) is 16.7. The zero-order valence-electron chi connectivity index (χ0n) is 16.7. The summed E-state index contributed by atoms with van der Waals surface area (Å²) >= 11 is 0. The predicted molar refractivity (Wildman–Crippen MR) is 101 cm³/mol. The van der Waals surface area contributed by atoms with Crippen LogP contribution in [0.3, 0.4) is 0 Å². The highest BCUT2D eigenvalue weighted by Gasteiger charge is 2.45. The molecule has 0 bridgehead atoms. The molecule has 1 aliphatic heterocycles. The van der Waals surface area contributed by atoms with Crippen molar-refractivity contribution in [1.29, 1.82) is 0 Å². The van der Waals surface area contributed by atoms with E-state index in [-0.39, 0.29) is 30.0 Å². The van der Waals surface area contributed by atoms with Gasteiger partial charge in [0.25, 0.3) is 17.5 Å². The SMILES string of the molecule is COC(=O)CCN(CC(C)C)C(=O)C(C)N1C(=O)c2cccc([N+](=O)[O-])c2C1=O. The van der Waals surface area contributed by atoms with Crippen LogP contribution in [0.4, 0.5) is 5.69 Å². The Hall–Kier alpha value is -3.30. The lowest BCUT2D eigenvalue weighted by Gasteiger charge is -2.30. The highest BCUT2D eigenvalue weighted by Crippen LogP contribution is 2.32. The molecule has 10 heteroatoms. The highest BCUT2D eigenvalue weighted by molar-refractivity contribution is 6.24. The monoisotopic (exact) mass is 405 g/mol. The number of esters is 1. The van der Waals surface area contributed by atoms with E-state index in [4.69, 9.17) is 0 Å². The van der Waals surface area contributed by atoms with Gasteiger partial charge in [-0.2, -0.15) is 0 Å². The Kier molecular flexibility index (Phi) is 6.68. The smallest absolute Gasteiger partial charge is 0.307 e. The normalized spacial score (nSPS) is 14.0. The number of carbonyl (C=O) groups excluding carboxylic acids is 4. The molecular formula is C19H23N3O7. The number of ether oxygens (including phenoxy) is 1. The van der Waals surface area contributed by atoms with Crippen LogP contribution in [0.25, 0.3) is 0 Å². The van der Waals surface area contributed by atoms with E-state index in [0.29, 0.717) is 6.54 Å². The number of nitrogens with zero attached hydrogens (tertiary/aromatic N) is 3. The number of nitro groups is 1. The topological polar surface area (TPSA) is 127 Å². The third-order valence-corrected chi connectivity index (χ3v) is 4.58. The van der Waals surface area contributed by atoms with Crippen molar-refractivity contribution in [2.45, 2.75) is 33.2 Å². The summed E-state index contributed by atoms with van der Waals surface area (Å²) in [5.41, 5.74) is -0.895. The van der Waals surface area contributed by atoms with Crippen LogP contribution >= 0.6 is 0 Å². The Morgan fingerprint density at radius 1 is 1.21 bits per heavy atom. The molecule has 0 aromatic heterocycles. The second kappa shape index (κ2) is 8.80. The van der Waals surface area contributed by atoms with Crippen LogP contribution in [-0.2, 0) is 14.3 Å². The molecular weight excluding hydrogens is 382 g/mol. The van der Waals surface area contributed by atoms with Crippen LogP contribution < -0.4 is 0 Å². The average Bonchev–Trinajstić information content (AvgIpc) is 2.93. The number of benzene rings is 1. The summed E-state index contributed by atoms with van der Waals surface area (Å²) in [5, 5.41) is 11.2. The molecule has 0 radical (unpaired) electrons. The van der Waals surface area contributed by atoms with Gasteiger partial charge in [-0.05, 0) is 18.9 Å². The van der Waals surface area contributed by atoms with E-state index in [0.717, 1.165) is 11.0 Å². The molecule has 1 unspecified atom stereocenters. The molecule has 3 amide bonds. The molecule has 0 fully saturated rings. The number of hydrogen-bond acceptors (Lipinski definition) is 7. The van der Waals surface area contributed by atoms with E-state index in [1.54, 1.807) is 0 Å². The summed E-state index contributed by atoms with van der Waals surface area (Å²) in [5.74, 6) is -2.58. The number of carbonyl (C=O) groups is 4. The summed E-state index contributed by atoms with van der Waals surface area (Å²) in [6, 6.07) is 2.60. The lowest BCUT2D eigenvalue weighted by atomic mass is 10.1. The number of amides is 3. The molecule has 0 saturated heterocycles. The van der Waals surface area contributed by atoms with Crippen molar-refractivity contribution in [3.8, 4) is 0 Å². The summed E-state index contributed by atoms with van der Waals surface area (Å²) in [6.45, 7) is 5.53. The Morgan fingerprint density at radius 3 is 2.41 bits per heavy atom. The minimum Gasteiger partial charge on any atom is -0.469 e. The van der Waals surface area contributed by atoms with Crippen LogP contribution in [0.1, 0.15) is 47.9 Å². The minimum atomic E-state index is -1.18. The fraction of sp³-hybridized carbons (Fsp3) is 0.474. The molecule has 1 heterocycles. The standard InChI is InChI=1S/C19H23N3O7/c1-11(2)10-20(9-8-15(23)29-4)17(24)12(3)21-18(25)13-6-5-7-14(22(27)28)16(13)19(21)26/h5-7,11-12H,8-10H2,1-4H3. The zero-order chi connectivity index (χ0) is 21.9. The van der Waals surface area contributed by atoms with Gasteiger partial charge in [0.05, 0.1) is 24.0 Å². The van der Waals surface area contributed by atoms with Crippen molar-refractivity contribution in [2.75, 3.05) is 20.2 Å². The molecule has 1 aliphatic rings. The van der Waals surface area contributed by atoms with Crippen molar-refractivity contribution in [3.63, 3.8) is 0 Å². The average molecular weight is 405 g/mol. The predicted octanol–water partition coefficient (Wildman–Crippen LogP) is 1.63. The molecule has 0 spiro atoms. The fourth-order valence-corrected chi connectivity index (χ4v) is 3.22. The highest BCUT2D eigenvalue weighted by atomic mass is 16.6. The van der Waals surface area contributed by atoms with Crippen molar-refractivity contribution in [3.05, 3.63) is 39.4 Å². The largest absolute Gasteiger partial charge is 0.469 e. The number of nitro benzene ring substituents is 1. The van der Waals surface area contributed by atoms with Gasteiger partial charge in [-0.1, -0.05) is 19.9 Å². The van der Waals surface area contributed by atoms with Gasteiger partial charge >= 0.3 is 5.97 Å². The van der Waals surface area contributed by atoms with Gasteiger partial charge in [-0.3, -0.25) is 34.2 Å². The number of methoxy groups -OCH3 is 1. The van der Waals surface area contributed by atoms with E-state index >= 15 is 0 Å². The first kappa shape index (κ1) is 22.0.